The molecule has 4 heteroatoms. The minimum absolute atomic E-state index is 0.202. The average molecular weight is 215 g/mol. The molecule has 0 spiro atoms. The first-order valence-electron chi connectivity index (χ1n) is 5.42. The van der Waals surface area contributed by atoms with Crippen LogP contribution < -0.4 is 11.1 Å². The van der Waals surface area contributed by atoms with Crippen molar-refractivity contribution in [3.8, 4) is 0 Å². The monoisotopic (exact) mass is 215 g/mol. The van der Waals surface area contributed by atoms with Gasteiger partial charge in [0.15, 0.2) is 5.17 Å². The molecule has 1 unspecified atom stereocenters. The minimum Gasteiger partial charge on any atom is -0.379 e. The largest absolute Gasteiger partial charge is 0.379 e. The second-order valence-corrected chi connectivity index (χ2v) is 5.42. The van der Waals surface area contributed by atoms with Gasteiger partial charge in [-0.3, -0.25) is 5.41 Å². The molecule has 1 fully saturated rings. The molecule has 1 saturated carbocycles. The molecule has 0 radical (unpaired) electrons. The zero-order valence-corrected chi connectivity index (χ0v) is 9.70. The van der Waals surface area contributed by atoms with E-state index in [-0.39, 0.29) is 10.5 Å². The second kappa shape index (κ2) is 6.30. The van der Waals surface area contributed by atoms with Crippen LogP contribution in [-0.4, -0.2) is 17.1 Å². The number of hydrogen-bond acceptors (Lipinski definition) is 3. The molecule has 1 rings (SSSR count). The molecule has 0 bridgehead atoms. The van der Waals surface area contributed by atoms with Crippen molar-refractivity contribution in [3.63, 3.8) is 0 Å². The van der Waals surface area contributed by atoms with E-state index in [4.69, 9.17) is 11.1 Å². The summed E-state index contributed by atoms with van der Waals surface area (Å²) < 4.78 is 0. The molecule has 0 saturated heterocycles. The highest BCUT2D eigenvalue weighted by molar-refractivity contribution is 8.14. The average Bonchev–Trinajstić information content (AvgIpc) is 2.15. The first-order chi connectivity index (χ1) is 6.68. The summed E-state index contributed by atoms with van der Waals surface area (Å²) in [4.78, 5) is 0. The van der Waals surface area contributed by atoms with E-state index in [1.165, 1.54) is 43.9 Å². The molecule has 4 N–H and O–H groups in total. The van der Waals surface area contributed by atoms with Crippen molar-refractivity contribution >= 4 is 16.9 Å². The highest BCUT2D eigenvalue weighted by Gasteiger charge is 2.14. The van der Waals surface area contributed by atoms with Crippen LogP contribution in [0.3, 0.4) is 0 Å². The summed E-state index contributed by atoms with van der Waals surface area (Å²) in [5.41, 5.74) is 5.31. The van der Waals surface area contributed by atoms with Crippen molar-refractivity contribution in [3.05, 3.63) is 0 Å². The molecule has 0 heterocycles. The zero-order chi connectivity index (χ0) is 10.4. The molecule has 0 aromatic rings. The maximum absolute atomic E-state index is 7.15. The number of amidine groups is 1. The van der Waals surface area contributed by atoms with Crippen LogP contribution in [0.4, 0.5) is 0 Å². The van der Waals surface area contributed by atoms with E-state index in [2.05, 4.69) is 12.2 Å². The van der Waals surface area contributed by atoms with Gasteiger partial charge in [0, 0.05) is 0 Å². The third-order valence-corrected chi connectivity index (χ3v) is 3.50. The highest BCUT2D eigenvalue weighted by Crippen LogP contribution is 2.23. The fraction of sp³-hybridized carbons (Fsp3) is 0.900. The lowest BCUT2D eigenvalue weighted by Gasteiger charge is -2.23. The Balaban J connectivity index is 2.09. The van der Waals surface area contributed by atoms with Crippen LogP contribution in [0.2, 0.25) is 0 Å². The Hall–Kier alpha value is -0.220. The van der Waals surface area contributed by atoms with Gasteiger partial charge < -0.3 is 11.1 Å². The second-order valence-electron chi connectivity index (χ2n) is 4.04. The number of hydrogen-bond donors (Lipinski definition) is 3. The molecule has 1 aliphatic carbocycles. The van der Waals surface area contributed by atoms with Gasteiger partial charge in [0.25, 0.3) is 0 Å². The van der Waals surface area contributed by atoms with Crippen LogP contribution in [0.1, 0.15) is 39.0 Å². The summed E-state index contributed by atoms with van der Waals surface area (Å²) in [6.45, 7) is 3.15. The van der Waals surface area contributed by atoms with Crippen molar-refractivity contribution < 1.29 is 0 Å². The van der Waals surface area contributed by atoms with Gasteiger partial charge >= 0.3 is 0 Å². The van der Waals surface area contributed by atoms with Gasteiger partial charge in [0.1, 0.15) is 0 Å². The number of thioether (sulfide) groups is 1. The lowest BCUT2D eigenvalue weighted by atomic mass is 9.89. The predicted molar refractivity (Wildman–Crippen MR) is 63.5 cm³/mol. The van der Waals surface area contributed by atoms with Gasteiger partial charge in [-0.2, -0.15) is 0 Å². The van der Waals surface area contributed by atoms with E-state index in [1.807, 2.05) is 0 Å². The maximum Gasteiger partial charge on any atom is 0.152 e. The van der Waals surface area contributed by atoms with E-state index in [9.17, 15) is 0 Å². The molecular weight excluding hydrogens is 194 g/mol. The summed E-state index contributed by atoms with van der Waals surface area (Å²) >= 11 is 1.39. The van der Waals surface area contributed by atoms with Crippen LogP contribution in [0, 0.1) is 11.3 Å². The van der Waals surface area contributed by atoms with Crippen LogP contribution in [-0.2, 0) is 0 Å². The van der Waals surface area contributed by atoms with E-state index in [1.54, 1.807) is 0 Å². The van der Waals surface area contributed by atoms with E-state index in [0.29, 0.717) is 0 Å². The first kappa shape index (κ1) is 11.9. The molecule has 1 aliphatic rings. The molecule has 0 aliphatic heterocycles. The molecule has 0 aromatic heterocycles. The van der Waals surface area contributed by atoms with Crippen molar-refractivity contribution in [1.29, 1.82) is 5.41 Å². The topological polar surface area (TPSA) is 61.9 Å². The Labute approximate surface area is 90.7 Å². The summed E-state index contributed by atoms with van der Waals surface area (Å²) in [5.74, 6) is 0.846. The highest BCUT2D eigenvalue weighted by atomic mass is 32.2. The van der Waals surface area contributed by atoms with Crippen LogP contribution in [0.5, 0.6) is 0 Å². The van der Waals surface area contributed by atoms with Crippen molar-refractivity contribution in [1.82, 2.24) is 5.32 Å². The molecule has 1 atom stereocenters. The smallest absolute Gasteiger partial charge is 0.152 e. The van der Waals surface area contributed by atoms with Gasteiger partial charge in [-0.05, 0) is 32.2 Å². The predicted octanol–water partition coefficient (Wildman–Crippen LogP) is 2.13. The summed E-state index contributed by atoms with van der Waals surface area (Å²) in [7, 11) is 0. The third kappa shape index (κ3) is 4.86. The van der Waals surface area contributed by atoms with Gasteiger partial charge in [-0.15, -0.1) is 0 Å². The molecule has 0 aromatic carbocycles. The summed E-state index contributed by atoms with van der Waals surface area (Å²) in [5, 5.41) is 11.0. The van der Waals surface area contributed by atoms with Gasteiger partial charge in [-0.1, -0.05) is 31.0 Å². The van der Waals surface area contributed by atoms with Crippen LogP contribution >= 0.6 is 11.8 Å². The number of rotatable bonds is 4. The Bertz CT molecular complexity index is 178. The SMILES string of the molecule is CC(NCC1CCCCC1)SC(=N)N. The number of nitrogens with one attached hydrogen (secondary N) is 2. The fourth-order valence-electron chi connectivity index (χ4n) is 1.96. The molecule has 0 amide bonds. The lowest BCUT2D eigenvalue weighted by molar-refractivity contribution is 0.342. The Morgan fingerprint density at radius 1 is 1.50 bits per heavy atom. The molecule has 3 nitrogen and oxygen atoms in total. The van der Waals surface area contributed by atoms with E-state index < -0.39 is 0 Å². The normalized spacial score (nSPS) is 20.6. The fourth-order valence-corrected chi connectivity index (χ4v) is 2.52. The van der Waals surface area contributed by atoms with Crippen LogP contribution in [0.15, 0.2) is 0 Å². The Morgan fingerprint density at radius 2 is 2.14 bits per heavy atom. The summed E-state index contributed by atoms with van der Waals surface area (Å²) in [6, 6.07) is 0. The van der Waals surface area contributed by atoms with Gasteiger partial charge in [-0.25, -0.2) is 0 Å². The van der Waals surface area contributed by atoms with Crippen molar-refractivity contribution in [2.45, 2.75) is 44.4 Å². The van der Waals surface area contributed by atoms with Crippen molar-refractivity contribution in [2.24, 2.45) is 11.7 Å². The zero-order valence-electron chi connectivity index (χ0n) is 8.88. The quantitative estimate of drug-likeness (QED) is 0.382. The Kier molecular flexibility index (Phi) is 5.33. The first-order valence-corrected chi connectivity index (χ1v) is 6.30. The van der Waals surface area contributed by atoms with E-state index in [0.717, 1.165) is 12.5 Å². The third-order valence-electron chi connectivity index (χ3n) is 2.72. The maximum atomic E-state index is 7.15. The van der Waals surface area contributed by atoms with Gasteiger partial charge in [0.05, 0.1) is 5.37 Å². The van der Waals surface area contributed by atoms with E-state index >= 15 is 0 Å². The molecular formula is C10H21N3S. The van der Waals surface area contributed by atoms with Crippen LogP contribution in [0.25, 0.3) is 0 Å². The van der Waals surface area contributed by atoms with Crippen molar-refractivity contribution in [2.75, 3.05) is 6.54 Å². The standard InChI is InChI=1S/C10H21N3S/c1-8(14-10(11)12)13-7-9-5-3-2-4-6-9/h8-9,13H,2-7H2,1H3,(H3,11,12). The molecule has 14 heavy (non-hydrogen) atoms. The minimum atomic E-state index is 0.202. The summed E-state index contributed by atoms with van der Waals surface area (Å²) in [6.07, 6.45) is 6.92. The van der Waals surface area contributed by atoms with Gasteiger partial charge in [0.2, 0.25) is 0 Å². The number of nitrogens with two attached hydrogens (primary N) is 1. The molecule has 82 valence electrons. The Morgan fingerprint density at radius 3 is 2.71 bits per heavy atom. The lowest BCUT2D eigenvalue weighted by Crippen LogP contribution is -2.31.